The Morgan fingerprint density at radius 3 is 2.34 bits per heavy atom. The third-order valence-electron chi connectivity index (χ3n) is 9.73. The number of ether oxygens (including phenoxy) is 1. The lowest BCUT2D eigenvalue weighted by Gasteiger charge is -2.50. The minimum Gasteiger partial charge on any atom is -0.504 e. The standard InChI is InChI=1S/C33H24Cl2FN3O8/c1-47-25-13-16(5-12-24(25)40)27-21-10-11-22-26(29(42)37(28(22)41)19-3-2-4-20(14-19)39(45)46)23(21)15-32(34)30(43)38(31(44)33(27,32)35)18-8-6-17(36)7-9-18/h2-10,12-14,22-23,26-27,40H,11,15H2,1H3/t22-,23+,26-,27-,32+,33-/m0/s1. The zero-order valence-electron chi connectivity index (χ0n) is 24.4. The second kappa shape index (κ2) is 10.6. The van der Waals surface area contributed by atoms with Crippen molar-refractivity contribution in [2.24, 2.45) is 17.8 Å². The van der Waals surface area contributed by atoms with Gasteiger partial charge in [-0.1, -0.05) is 23.8 Å². The van der Waals surface area contributed by atoms with Crippen molar-refractivity contribution in [3.05, 3.63) is 99.9 Å². The molecule has 0 spiro atoms. The number of phenols is 1. The summed E-state index contributed by atoms with van der Waals surface area (Å²) < 4.78 is 19.2. The number of alkyl halides is 2. The fourth-order valence-corrected chi connectivity index (χ4v) is 8.58. The van der Waals surface area contributed by atoms with Crippen LogP contribution < -0.4 is 14.5 Å². The second-order valence-corrected chi connectivity index (χ2v) is 13.2. The van der Waals surface area contributed by atoms with Crippen LogP contribution in [0.25, 0.3) is 0 Å². The minimum absolute atomic E-state index is 0.0302. The van der Waals surface area contributed by atoms with Crippen molar-refractivity contribution in [3.63, 3.8) is 0 Å². The second-order valence-electron chi connectivity index (χ2n) is 12.0. The van der Waals surface area contributed by atoms with E-state index < -0.39 is 67.8 Å². The molecule has 4 aliphatic rings. The lowest BCUT2D eigenvalue weighted by molar-refractivity contribution is -0.384. The van der Waals surface area contributed by atoms with Gasteiger partial charge in [0.2, 0.25) is 11.8 Å². The molecule has 2 saturated heterocycles. The molecule has 2 heterocycles. The van der Waals surface area contributed by atoms with Crippen molar-refractivity contribution in [3.8, 4) is 11.5 Å². The predicted molar refractivity (Wildman–Crippen MR) is 167 cm³/mol. The first-order chi connectivity index (χ1) is 22.3. The van der Waals surface area contributed by atoms with E-state index in [4.69, 9.17) is 27.9 Å². The number of benzene rings is 3. The van der Waals surface area contributed by atoms with Crippen LogP contribution in [0, 0.1) is 33.7 Å². The summed E-state index contributed by atoms with van der Waals surface area (Å²) in [7, 11) is 1.33. The number of nitro groups is 1. The van der Waals surface area contributed by atoms with Gasteiger partial charge in [0, 0.05) is 18.1 Å². The number of rotatable bonds is 5. The number of nitro benzene ring substituents is 1. The first kappa shape index (κ1) is 30.8. The Kier molecular flexibility index (Phi) is 6.96. The number of amides is 4. The number of anilines is 2. The lowest BCUT2D eigenvalue weighted by Crippen LogP contribution is -2.60. The maximum absolute atomic E-state index is 14.4. The Hall–Kier alpha value is -4.81. The number of non-ortho nitro benzene ring substituents is 1. The highest BCUT2D eigenvalue weighted by molar-refractivity contribution is 6.58. The Bertz CT molecular complexity index is 1950. The summed E-state index contributed by atoms with van der Waals surface area (Å²) in [6.45, 7) is 0. The topological polar surface area (TPSA) is 147 Å². The summed E-state index contributed by atoms with van der Waals surface area (Å²) in [5, 5.41) is 21.8. The highest BCUT2D eigenvalue weighted by atomic mass is 35.5. The third kappa shape index (κ3) is 4.17. The van der Waals surface area contributed by atoms with Gasteiger partial charge >= 0.3 is 0 Å². The normalized spacial score (nSPS) is 29.7. The molecular weight excluding hydrogens is 656 g/mol. The number of hydrogen-bond acceptors (Lipinski definition) is 8. The van der Waals surface area contributed by atoms with Gasteiger partial charge in [-0.05, 0) is 66.8 Å². The van der Waals surface area contributed by atoms with Gasteiger partial charge in [-0.15, -0.1) is 23.2 Å². The summed E-state index contributed by atoms with van der Waals surface area (Å²) in [5.74, 6) is -7.62. The smallest absolute Gasteiger partial charge is 0.271 e. The molecule has 7 rings (SSSR count). The summed E-state index contributed by atoms with van der Waals surface area (Å²) in [4.78, 5) is 64.9. The molecule has 3 aromatic rings. The lowest BCUT2D eigenvalue weighted by atomic mass is 9.56. The fraction of sp³-hybridized carbons (Fsp3) is 0.273. The van der Waals surface area contributed by atoms with Crippen molar-refractivity contribution in [2.75, 3.05) is 16.9 Å². The van der Waals surface area contributed by atoms with Gasteiger partial charge in [-0.3, -0.25) is 29.3 Å². The number of phenolic OH excluding ortho intramolecular Hbond substituents is 1. The van der Waals surface area contributed by atoms with Gasteiger partial charge in [0.15, 0.2) is 21.2 Å². The van der Waals surface area contributed by atoms with Gasteiger partial charge in [0.25, 0.3) is 17.5 Å². The molecule has 1 saturated carbocycles. The molecule has 0 unspecified atom stereocenters. The molecule has 2 aliphatic carbocycles. The predicted octanol–water partition coefficient (Wildman–Crippen LogP) is 5.22. The number of imide groups is 2. The Morgan fingerprint density at radius 1 is 0.936 bits per heavy atom. The van der Waals surface area contributed by atoms with Crippen LogP contribution in [-0.4, -0.2) is 50.5 Å². The highest BCUT2D eigenvalue weighted by Crippen LogP contribution is 2.66. The Morgan fingerprint density at radius 2 is 1.66 bits per heavy atom. The van der Waals surface area contributed by atoms with Crippen LogP contribution in [0.5, 0.6) is 11.5 Å². The SMILES string of the molecule is COc1cc([C@H]2C3=CC[C@@H]4C(=O)N(c5cccc([N+](=O)[O-])c5)C(=O)[C@@H]4[C@@H]3C[C@@]3(Cl)C(=O)N(c4ccc(F)cc4)C(=O)[C@@]23Cl)ccc1O. The van der Waals surface area contributed by atoms with Crippen LogP contribution in [0.4, 0.5) is 21.5 Å². The number of halogens is 3. The number of hydrogen-bond donors (Lipinski definition) is 1. The van der Waals surface area contributed by atoms with E-state index in [2.05, 4.69) is 0 Å². The largest absolute Gasteiger partial charge is 0.504 e. The molecule has 4 amide bonds. The number of carbonyl (C=O) groups is 4. The molecule has 14 heteroatoms. The summed E-state index contributed by atoms with van der Waals surface area (Å²) in [6.07, 6.45) is 1.50. The minimum atomic E-state index is -2.16. The average Bonchev–Trinajstić information content (AvgIpc) is 3.39. The summed E-state index contributed by atoms with van der Waals surface area (Å²) >= 11 is 14.7. The van der Waals surface area contributed by atoms with Crippen LogP contribution in [-0.2, 0) is 19.2 Å². The molecule has 1 N–H and O–H groups in total. The average molecular weight is 680 g/mol. The van der Waals surface area contributed by atoms with Gasteiger partial charge in [-0.25, -0.2) is 14.2 Å². The number of methoxy groups -OCH3 is 1. The highest BCUT2D eigenvalue weighted by Gasteiger charge is 2.76. The van der Waals surface area contributed by atoms with E-state index >= 15 is 0 Å². The zero-order valence-corrected chi connectivity index (χ0v) is 25.9. The molecule has 3 aromatic carbocycles. The first-order valence-electron chi connectivity index (χ1n) is 14.5. The van der Waals surface area contributed by atoms with Crippen LogP contribution >= 0.6 is 23.2 Å². The van der Waals surface area contributed by atoms with Gasteiger partial charge in [0.1, 0.15) is 5.82 Å². The molecule has 0 radical (unpaired) electrons. The van der Waals surface area contributed by atoms with Gasteiger partial charge in [-0.2, -0.15) is 0 Å². The van der Waals surface area contributed by atoms with Crippen molar-refractivity contribution < 1.29 is 38.3 Å². The first-order valence-corrected chi connectivity index (χ1v) is 15.3. The molecule has 3 fully saturated rings. The van der Waals surface area contributed by atoms with Crippen LogP contribution in [0.3, 0.4) is 0 Å². The van der Waals surface area contributed by atoms with E-state index in [9.17, 15) is 38.8 Å². The molecule has 0 aromatic heterocycles. The van der Waals surface area contributed by atoms with E-state index in [1.807, 2.05) is 0 Å². The number of nitrogens with zero attached hydrogens (tertiary/aromatic N) is 3. The molecule has 240 valence electrons. The number of carbonyl (C=O) groups excluding carboxylic acids is 4. The van der Waals surface area contributed by atoms with E-state index in [0.29, 0.717) is 11.1 Å². The van der Waals surface area contributed by atoms with E-state index in [1.54, 1.807) is 6.08 Å². The molecule has 0 bridgehead atoms. The summed E-state index contributed by atoms with van der Waals surface area (Å²) in [6, 6.07) is 14.2. The summed E-state index contributed by atoms with van der Waals surface area (Å²) in [5.41, 5.74) is 0.607. The van der Waals surface area contributed by atoms with E-state index in [-0.39, 0.29) is 41.4 Å². The molecule has 2 aliphatic heterocycles. The third-order valence-corrected chi connectivity index (χ3v) is 11.1. The van der Waals surface area contributed by atoms with Gasteiger partial charge in [0.05, 0.1) is 35.2 Å². The van der Waals surface area contributed by atoms with Crippen molar-refractivity contribution in [1.29, 1.82) is 0 Å². The maximum atomic E-state index is 14.4. The Balaban J connectivity index is 1.39. The number of aromatic hydroxyl groups is 1. The molecule has 11 nitrogen and oxygen atoms in total. The van der Waals surface area contributed by atoms with Gasteiger partial charge < -0.3 is 9.84 Å². The number of allylic oxidation sites excluding steroid dienone is 2. The van der Waals surface area contributed by atoms with Crippen molar-refractivity contribution in [1.82, 2.24) is 0 Å². The van der Waals surface area contributed by atoms with Crippen molar-refractivity contribution >= 4 is 63.9 Å². The van der Waals surface area contributed by atoms with Crippen LogP contribution in [0.2, 0.25) is 0 Å². The maximum Gasteiger partial charge on any atom is 0.271 e. The van der Waals surface area contributed by atoms with E-state index in [1.165, 1.54) is 55.6 Å². The quantitative estimate of drug-likeness (QED) is 0.127. The molecule has 47 heavy (non-hydrogen) atoms. The van der Waals surface area contributed by atoms with Crippen molar-refractivity contribution in [2.45, 2.75) is 28.5 Å². The number of fused-ring (bicyclic) bond motifs is 4. The van der Waals surface area contributed by atoms with E-state index in [0.717, 1.165) is 28.0 Å². The Labute approximate surface area is 276 Å². The molecule has 6 atom stereocenters. The molecular formula is C33H24Cl2FN3O8. The zero-order chi connectivity index (χ0) is 33.6. The fourth-order valence-electron chi connectivity index (χ4n) is 7.65. The monoisotopic (exact) mass is 679 g/mol. The van der Waals surface area contributed by atoms with Crippen LogP contribution in [0.1, 0.15) is 24.3 Å². The van der Waals surface area contributed by atoms with Crippen LogP contribution in [0.15, 0.2) is 78.4 Å².